The fourth-order valence-corrected chi connectivity index (χ4v) is 3.72. The van der Waals surface area contributed by atoms with Crippen LogP contribution in [0.1, 0.15) is 70.9 Å². The Kier molecular flexibility index (Phi) is 6.74. The van der Waals surface area contributed by atoms with Gasteiger partial charge in [0.25, 0.3) is 0 Å². The van der Waals surface area contributed by atoms with E-state index in [1.165, 1.54) is 36.8 Å². The lowest BCUT2D eigenvalue weighted by Gasteiger charge is -2.37. The maximum atomic E-state index is 9.21. The van der Waals surface area contributed by atoms with Crippen LogP contribution in [-0.2, 0) is 6.42 Å². The SMILES string of the molecule is Cc1ccc(OC2CCC(C(C)(C)C)CC2)cc1CCC(C)CO. The minimum absolute atomic E-state index is 0.270. The zero-order valence-electron chi connectivity index (χ0n) is 16.3. The highest BCUT2D eigenvalue weighted by Gasteiger charge is 2.30. The number of aryl methyl sites for hydroxylation is 2. The Morgan fingerprint density at radius 3 is 2.42 bits per heavy atom. The summed E-state index contributed by atoms with van der Waals surface area (Å²) in [6, 6.07) is 6.51. The Morgan fingerprint density at radius 2 is 1.83 bits per heavy atom. The van der Waals surface area contributed by atoms with E-state index in [9.17, 15) is 5.11 Å². The predicted octanol–water partition coefficient (Wildman–Crippen LogP) is 5.54. The first kappa shape index (κ1) is 19.3. The molecule has 0 aromatic heterocycles. The fraction of sp³-hybridized carbons (Fsp3) is 0.727. The summed E-state index contributed by atoms with van der Waals surface area (Å²) in [7, 11) is 0. The van der Waals surface area contributed by atoms with Crippen LogP contribution in [0.5, 0.6) is 5.75 Å². The third-order valence-electron chi connectivity index (χ3n) is 5.74. The summed E-state index contributed by atoms with van der Waals surface area (Å²) in [5.41, 5.74) is 3.10. The van der Waals surface area contributed by atoms with E-state index in [4.69, 9.17) is 4.74 Å². The van der Waals surface area contributed by atoms with Crippen molar-refractivity contribution in [2.45, 2.75) is 79.2 Å². The number of hydrogen-bond acceptors (Lipinski definition) is 2. The Labute approximate surface area is 148 Å². The fourth-order valence-electron chi connectivity index (χ4n) is 3.72. The van der Waals surface area contributed by atoms with Crippen LogP contribution in [0.4, 0.5) is 0 Å². The van der Waals surface area contributed by atoms with Crippen molar-refractivity contribution >= 4 is 0 Å². The van der Waals surface area contributed by atoms with Gasteiger partial charge in [-0.1, -0.05) is 33.8 Å². The minimum atomic E-state index is 0.270. The van der Waals surface area contributed by atoms with Crippen LogP contribution in [0, 0.1) is 24.2 Å². The summed E-state index contributed by atoms with van der Waals surface area (Å²) in [4.78, 5) is 0. The molecule has 2 rings (SSSR count). The normalized spacial score (nSPS) is 23.1. The Hall–Kier alpha value is -1.02. The van der Waals surface area contributed by atoms with Crippen LogP contribution >= 0.6 is 0 Å². The topological polar surface area (TPSA) is 29.5 Å². The number of ether oxygens (including phenoxy) is 1. The van der Waals surface area contributed by atoms with Crippen LogP contribution in [0.3, 0.4) is 0 Å². The highest BCUT2D eigenvalue weighted by molar-refractivity contribution is 5.35. The maximum Gasteiger partial charge on any atom is 0.120 e. The van der Waals surface area contributed by atoms with Gasteiger partial charge >= 0.3 is 0 Å². The number of benzene rings is 1. The third-order valence-corrected chi connectivity index (χ3v) is 5.74. The molecule has 1 aromatic carbocycles. The summed E-state index contributed by atoms with van der Waals surface area (Å²) >= 11 is 0. The standard InChI is InChI=1S/C22H36O2/c1-16(15-23)6-8-18-14-21(11-7-17(18)2)24-20-12-9-19(10-13-20)22(3,4)5/h7,11,14,16,19-20,23H,6,8-10,12-13,15H2,1-5H3. The zero-order valence-corrected chi connectivity index (χ0v) is 16.3. The smallest absolute Gasteiger partial charge is 0.120 e. The largest absolute Gasteiger partial charge is 0.490 e. The molecule has 1 aliphatic rings. The first-order valence-corrected chi connectivity index (χ1v) is 9.66. The number of aliphatic hydroxyl groups is 1. The van der Waals surface area contributed by atoms with Crippen LogP contribution < -0.4 is 4.74 Å². The summed E-state index contributed by atoms with van der Waals surface area (Å²) in [6.45, 7) is 11.6. The number of rotatable bonds is 6. The van der Waals surface area contributed by atoms with Gasteiger partial charge in [-0.3, -0.25) is 0 Å². The lowest BCUT2D eigenvalue weighted by molar-refractivity contribution is 0.0881. The second kappa shape index (κ2) is 8.38. The molecule has 136 valence electrons. The monoisotopic (exact) mass is 332 g/mol. The molecule has 0 saturated heterocycles. The highest BCUT2D eigenvalue weighted by atomic mass is 16.5. The molecule has 1 atom stereocenters. The Bertz CT molecular complexity index is 507. The van der Waals surface area contributed by atoms with Gasteiger partial charge in [0.05, 0.1) is 6.10 Å². The molecule has 0 spiro atoms. The van der Waals surface area contributed by atoms with E-state index in [-0.39, 0.29) is 6.61 Å². The average molecular weight is 333 g/mol. The molecule has 1 aromatic rings. The summed E-state index contributed by atoms with van der Waals surface area (Å²) in [5.74, 6) is 2.21. The first-order chi connectivity index (χ1) is 11.3. The molecule has 0 heterocycles. The van der Waals surface area contributed by atoms with Crippen LogP contribution in [0.25, 0.3) is 0 Å². The van der Waals surface area contributed by atoms with Crippen LogP contribution in [-0.4, -0.2) is 17.8 Å². The summed E-state index contributed by atoms with van der Waals surface area (Å²) in [5, 5.41) is 9.21. The molecule has 1 fully saturated rings. The molecule has 0 bridgehead atoms. The van der Waals surface area contributed by atoms with Crippen molar-refractivity contribution in [2.75, 3.05) is 6.61 Å². The number of aliphatic hydroxyl groups excluding tert-OH is 1. The molecular formula is C22H36O2. The van der Waals surface area contributed by atoms with Crippen molar-refractivity contribution in [3.63, 3.8) is 0 Å². The van der Waals surface area contributed by atoms with E-state index in [2.05, 4.69) is 52.8 Å². The van der Waals surface area contributed by atoms with E-state index >= 15 is 0 Å². The van der Waals surface area contributed by atoms with Gasteiger partial charge in [-0.25, -0.2) is 0 Å². The van der Waals surface area contributed by atoms with Gasteiger partial charge in [-0.2, -0.15) is 0 Å². The van der Waals surface area contributed by atoms with E-state index in [1.54, 1.807) is 0 Å². The minimum Gasteiger partial charge on any atom is -0.490 e. The van der Waals surface area contributed by atoms with Crippen molar-refractivity contribution in [2.24, 2.45) is 17.3 Å². The molecule has 1 N–H and O–H groups in total. The van der Waals surface area contributed by atoms with Gasteiger partial charge in [0.15, 0.2) is 0 Å². The van der Waals surface area contributed by atoms with Gasteiger partial charge in [-0.15, -0.1) is 0 Å². The lowest BCUT2D eigenvalue weighted by Crippen LogP contribution is -2.30. The Morgan fingerprint density at radius 1 is 1.17 bits per heavy atom. The van der Waals surface area contributed by atoms with Crippen LogP contribution in [0.2, 0.25) is 0 Å². The van der Waals surface area contributed by atoms with Gasteiger partial charge in [-0.05, 0) is 86.0 Å². The van der Waals surface area contributed by atoms with E-state index < -0.39 is 0 Å². The van der Waals surface area contributed by atoms with Crippen molar-refractivity contribution in [1.82, 2.24) is 0 Å². The highest BCUT2D eigenvalue weighted by Crippen LogP contribution is 2.38. The second-order valence-electron chi connectivity index (χ2n) is 8.87. The quantitative estimate of drug-likeness (QED) is 0.741. The predicted molar refractivity (Wildman–Crippen MR) is 102 cm³/mol. The summed E-state index contributed by atoms with van der Waals surface area (Å²) in [6.07, 6.45) is 7.32. The maximum absolute atomic E-state index is 9.21. The molecule has 0 amide bonds. The molecule has 1 unspecified atom stereocenters. The molecule has 1 aliphatic carbocycles. The lowest BCUT2D eigenvalue weighted by atomic mass is 9.72. The first-order valence-electron chi connectivity index (χ1n) is 9.66. The van der Waals surface area contributed by atoms with E-state index in [0.29, 0.717) is 17.4 Å². The van der Waals surface area contributed by atoms with Gasteiger partial charge in [0.1, 0.15) is 5.75 Å². The van der Waals surface area contributed by atoms with E-state index in [0.717, 1.165) is 24.5 Å². The number of hydrogen-bond donors (Lipinski definition) is 1. The second-order valence-corrected chi connectivity index (χ2v) is 8.87. The van der Waals surface area contributed by atoms with Gasteiger partial charge in [0, 0.05) is 6.61 Å². The van der Waals surface area contributed by atoms with Crippen molar-refractivity contribution in [1.29, 1.82) is 0 Å². The molecule has 2 heteroatoms. The van der Waals surface area contributed by atoms with E-state index in [1.807, 2.05) is 0 Å². The molecule has 24 heavy (non-hydrogen) atoms. The summed E-state index contributed by atoms with van der Waals surface area (Å²) < 4.78 is 6.30. The third kappa shape index (κ3) is 5.51. The zero-order chi connectivity index (χ0) is 17.7. The molecule has 2 nitrogen and oxygen atoms in total. The molecule has 0 radical (unpaired) electrons. The van der Waals surface area contributed by atoms with Crippen LogP contribution in [0.15, 0.2) is 18.2 Å². The average Bonchev–Trinajstić information content (AvgIpc) is 2.54. The Balaban J connectivity index is 1.91. The van der Waals surface area contributed by atoms with Crippen molar-refractivity contribution in [3.05, 3.63) is 29.3 Å². The molecule has 0 aliphatic heterocycles. The van der Waals surface area contributed by atoms with Gasteiger partial charge < -0.3 is 9.84 Å². The molecular weight excluding hydrogens is 296 g/mol. The van der Waals surface area contributed by atoms with Crippen molar-refractivity contribution < 1.29 is 9.84 Å². The van der Waals surface area contributed by atoms with Crippen molar-refractivity contribution in [3.8, 4) is 5.75 Å². The van der Waals surface area contributed by atoms with Gasteiger partial charge in [0.2, 0.25) is 0 Å². The molecule has 1 saturated carbocycles.